The van der Waals surface area contributed by atoms with Crippen LogP contribution in [0.15, 0.2) is 30.0 Å². The van der Waals surface area contributed by atoms with Gasteiger partial charge >= 0.3 is 0 Å². The van der Waals surface area contributed by atoms with Gasteiger partial charge in [-0.05, 0) is 51.5 Å². The number of hydrogen-bond acceptors (Lipinski definition) is 3. The van der Waals surface area contributed by atoms with Crippen LogP contribution in [-0.2, 0) is 9.59 Å². The summed E-state index contributed by atoms with van der Waals surface area (Å²) < 4.78 is 0. The molecule has 1 aromatic carbocycles. The molecule has 5 nitrogen and oxygen atoms in total. The molecule has 5 heteroatoms. The van der Waals surface area contributed by atoms with E-state index in [9.17, 15) is 9.59 Å². The summed E-state index contributed by atoms with van der Waals surface area (Å²) in [6, 6.07) is 7.93. The molecule has 1 aromatic rings. The fourth-order valence-corrected chi connectivity index (χ4v) is 2.70. The first-order chi connectivity index (χ1) is 12.3. The van der Waals surface area contributed by atoms with Crippen molar-refractivity contribution in [2.45, 2.75) is 60.5 Å². The highest BCUT2D eigenvalue weighted by Gasteiger charge is 2.28. The molecule has 0 spiro atoms. The van der Waals surface area contributed by atoms with Gasteiger partial charge in [-0.15, -0.1) is 0 Å². The molecule has 0 unspecified atom stereocenters. The zero-order valence-electron chi connectivity index (χ0n) is 18.3. The van der Waals surface area contributed by atoms with E-state index in [1.807, 2.05) is 91.7 Å². The van der Waals surface area contributed by atoms with E-state index in [-0.39, 0.29) is 23.9 Å². The van der Waals surface area contributed by atoms with Crippen molar-refractivity contribution in [3.8, 4) is 0 Å². The molecule has 1 rings (SSSR count). The minimum absolute atomic E-state index is 0.0311. The minimum Gasteiger partial charge on any atom is -0.378 e. The first-order valence-electron chi connectivity index (χ1n) is 9.47. The standard InChI is InChI=1S/C22H35N3O2/c1-15(2)25(16(3)4)20(26)19(23-21(27)22(5,6)7)14-17-10-12-18(13-11-17)24(8)9/h10-16H,1-9H3,(H,23,27)/b19-14+. The third kappa shape index (κ3) is 6.42. The van der Waals surface area contributed by atoms with Gasteiger partial charge in [0.15, 0.2) is 0 Å². The lowest BCUT2D eigenvalue weighted by atomic mass is 9.95. The summed E-state index contributed by atoms with van der Waals surface area (Å²) >= 11 is 0. The maximum atomic E-state index is 13.2. The Morgan fingerprint density at radius 2 is 1.44 bits per heavy atom. The molecule has 150 valence electrons. The Kier molecular flexibility index (Phi) is 7.64. The van der Waals surface area contributed by atoms with Crippen LogP contribution in [0.25, 0.3) is 6.08 Å². The van der Waals surface area contributed by atoms with Crippen LogP contribution in [0.5, 0.6) is 0 Å². The molecule has 0 radical (unpaired) electrons. The Bertz CT molecular complexity index is 673. The average Bonchev–Trinajstić information content (AvgIpc) is 2.52. The number of anilines is 1. The topological polar surface area (TPSA) is 52.7 Å². The van der Waals surface area contributed by atoms with Crippen molar-refractivity contribution in [1.29, 1.82) is 0 Å². The number of amides is 2. The SMILES string of the molecule is CC(C)N(C(=O)/C(=C\c1ccc(N(C)C)cc1)NC(=O)C(C)(C)C)C(C)C. The van der Waals surface area contributed by atoms with Gasteiger partial charge in [-0.1, -0.05) is 32.9 Å². The van der Waals surface area contributed by atoms with Crippen LogP contribution >= 0.6 is 0 Å². The fraction of sp³-hybridized carbons (Fsp3) is 0.545. The summed E-state index contributed by atoms with van der Waals surface area (Å²) in [5.41, 5.74) is 1.65. The van der Waals surface area contributed by atoms with Gasteiger partial charge in [-0.2, -0.15) is 0 Å². The first kappa shape index (κ1) is 22.7. The second-order valence-electron chi connectivity index (χ2n) is 8.65. The smallest absolute Gasteiger partial charge is 0.270 e. The van der Waals surface area contributed by atoms with Gasteiger partial charge < -0.3 is 15.1 Å². The van der Waals surface area contributed by atoms with Crippen LogP contribution in [0.4, 0.5) is 5.69 Å². The van der Waals surface area contributed by atoms with Crippen molar-refractivity contribution in [2.75, 3.05) is 19.0 Å². The van der Waals surface area contributed by atoms with Gasteiger partial charge in [0.1, 0.15) is 5.70 Å². The zero-order valence-corrected chi connectivity index (χ0v) is 18.3. The van der Waals surface area contributed by atoms with E-state index in [0.717, 1.165) is 11.3 Å². The second-order valence-corrected chi connectivity index (χ2v) is 8.65. The number of nitrogens with zero attached hydrogens (tertiary/aromatic N) is 2. The molecule has 0 aliphatic heterocycles. The number of rotatable bonds is 6. The first-order valence-corrected chi connectivity index (χ1v) is 9.47. The number of carbonyl (C=O) groups excluding carboxylic acids is 2. The van der Waals surface area contributed by atoms with Gasteiger partial charge in [0.25, 0.3) is 5.91 Å². The Hall–Kier alpha value is -2.30. The predicted molar refractivity (Wildman–Crippen MR) is 113 cm³/mol. The molecule has 0 heterocycles. The van der Waals surface area contributed by atoms with Crippen molar-refractivity contribution in [3.63, 3.8) is 0 Å². The molecule has 0 aliphatic carbocycles. The number of benzene rings is 1. The van der Waals surface area contributed by atoms with Crippen LogP contribution in [0.1, 0.15) is 54.0 Å². The highest BCUT2D eigenvalue weighted by Crippen LogP contribution is 2.19. The molecular weight excluding hydrogens is 338 g/mol. The Morgan fingerprint density at radius 3 is 1.81 bits per heavy atom. The van der Waals surface area contributed by atoms with Gasteiger partial charge in [0.05, 0.1) is 0 Å². The molecule has 0 saturated heterocycles. The van der Waals surface area contributed by atoms with Gasteiger partial charge in [-0.3, -0.25) is 9.59 Å². The summed E-state index contributed by atoms with van der Waals surface area (Å²) in [4.78, 5) is 29.5. The van der Waals surface area contributed by atoms with Crippen molar-refractivity contribution in [1.82, 2.24) is 10.2 Å². The van der Waals surface area contributed by atoms with Gasteiger partial charge in [0.2, 0.25) is 5.91 Å². The maximum Gasteiger partial charge on any atom is 0.270 e. The summed E-state index contributed by atoms with van der Waals surface area (Å²) in [6.45, 7) is 13.4. The molecule has 27 heavy (non-hydrogen) atoms. The molecule has 0 aliphatic rings. The van der Waals surface area contributed by atoms with Crippen molar-refractivity contribution in [2.24, 2.45) is 5.41 Å². The second kappa shape index (κ2) is 9.07. The lowest BCUT2D eigenvalue weighted by Crippen LogP contribution is -2.47. The predicted octanol–water partition coefficient (Wildman–Crippen LogP) is 3.90. The summed E-state index contributed by atoms with van der Waals surface area (Å²) in [6.07, 6.45) is 1.75. The number of carbonyl (C=O) groups is 2. The van der Waals surface area contributed by atoms with Crippen molar-refractivity contribution in [3.05, 3.63) is 35.5 Å². The lowest BCUT2D eigenvalue weighted by Gasteiger charge is -2.32. The molecule has 0 fully saturated rings. The normalized spacial score (nSPS) is 12.3. The van der Waals surface area contributed by atoms with E-state index < -0.39 is 5.41 Å². The molecule has 2 amide bonds. The van der Waals surface area contributed by atoms with Crippen LogP contribution in [0.3, 0.4) is 0 Å². The third-order valence-electron chi connectivity index (χ3n) is 4.23. The van der Waals surface area contributed by atoms with E-state index in [1.165, 1.54) is 0 Å². The average molecular weight is 374 g/mol. The van der Waals surface area contributed by atoms with E-state index >= 15 is 0 Å². The summed E-state index contributed by atoms with van der Waals surface area (Å²) in [5, 5.41) is 2.85. The molecule has 1 N–H and O–H groups in total. The van der Waals surface area contributed by atoms with E-state index in [4.69, 9.17) is 0 Å². The third-order valence-corrected chi connectivity index (χ3v) is 4.23. The minimum atomic E-state index is -0.589. The van der Waals surface area contributed by atoms with Crippen molar-refractivity contribution >= 4 is 23.6 Å². The molecule has 0 saturated carbocycles. The zero-order chi connectivity index (χ0) is 20.9. The maximum absolute atomic E-state index is 13.2. The molecule has 0 atom stereocenters. The number of hydrogen-bond donors (Lipinski definition) is 1. The molecule has 0 bridgehead atoms. The molecular formula is C22H35N3O2. The van der Waals surface area contributed by atoms with E-state index in [0.29, 0.717) is 5.70 Å². The number of nitrogens with one attached hydrogen (secondary N) is 1. The fourth-order valence-electron chi connectivity index (χ4n) is 2.70. The van der Waals surface area contributed by atoms with E-state index in [2.05, 4.69) is 5.32 Å². The summed E-state index contributed by atoms with van der Waals surface area (Å²) in [7, 11) is 3.96. The van der Waals surface area contributed by atoms with Crippen molar-refractivity contribution < 1.29 is 9.59 Å². The van der Waals surface area contributed by atoms with Crippen LogP contribution in [0, 0.1) is 5.41 Å². The highest BCUT2D eigenvalue weighted by molar-refractivity contribution is 6.02. The Morgan fingerprint density at radius 1 is 0.963 bits per heavy atom. The highest BCUT2D eigenvalue weighted by atomic mass is 16.2. The Labute approximate surface area is 164 Å². The van der Waals surface area contributed by atoms with Gasteiger partial charge in [0, 0.05) is 37.3 Å². The van der Waals surface area contributed by atoms with Gasteiger partial charge in [-0.25, -0.2) is 0 Å². The lowest BCUT2D eigenvalue weighted by molar-refractivity contribution is -0.134. The quantitative estimate of drug-likeness (QED) is 0.770. The molecule has 0 aromatic heterocycles. The summed E-state index contributed by atoms with van der Waals surface area (Å²) in [5.74, 6) is -0.353. The van der Waals surface area contributed by atoms with Crippen LogP contribution < -0.4 is 10.2 Å². The van der Waals surface area contributed by atoms with Crippen LogP contribution in [-0.4, -0.2) is 42.9 Å². The largest absolute Gasteiger partial charge is 0.378 e. The Balaban J connectivity index is 3.32. The van der Waals surface area contributed by atoms with Crippen LogP contribution in [0.2, 0.25) is 0 Å². The van der Waals surface area contributed by atoms with E-state index in [1.54, 1.807) is 11.0 Å². The monoisotopic (exact) mass is 373 g/mol.